The number of hydrogen-bond acceptors (Lipinski definition) is 6. The van der Waals surface area contributed by atoms with Gasteiger partial charge in [0.15, 0.2) is 0 Å². The molecule has 0 spiro atoms. The van der Waals surface area contributed by atoms with Crippen LogP contribution in [0.1, 0.15) is 79.7 Å². The van der Waals surface area contributed by atoms with E-state index in [1.165, 1.54) is 0 Å². The largest absolute Gasteiger partial charge is 0.376 e. The second-order valence-corrected chi connectivity index (χ2v) is 7.99. The van der Waals surface area contributed by atoms with Crippen LogP contribution in [0.4, 0.5) is 0 Å². The Balaban J connectivity index is 1.96. The number of rotatable bonds is 11. The first-order valence-corrected chi connectivity index (χ1v) is 10.3. The first kappa shape index (κ1) is 23.6. The van der Waals surface area contributed by atoms with Crippen LogP contribution in [0.2, 0.25) is 0 Å². The minimum Gasteiger partial charge on any atom is -0.260 e. The summed E-state index contributed by atoms with van der Waals surface area (Å²) >= 11 is 0. The molecule has 2 rings (SSSR count). The standard InChI is InChI=1S/C24H30O6/c1-5-24(4,17-11-12-18(2)3)21-16-10-9-15-20(21)23(26)28-30-29-27-22(25)19-13-7-6-8-14-19/h6-10,13-16,18H,5,11-12,17H2,1-4H3. The van der Waals surface area contributed by atoms with Gasteiger partial charge in [0.05, 0.1) is 11.1 Å². The van der Waals surface area contributed by atoms with Crippen molar-refractivity contribution >= 4 is 11.9 Å². The topological polar surface area (TPSA) is 71.1 Å². The van der Waals surface area contributed by atoms with E-state index in [9.17, 15) is 9.59 Å². The van der Waals surface area contributed by atoms with Gasteiger partial charge in [-0.1, -0.05) is 76.9 Å². The van der Waals surface area contributed by atoms with Crippen molar-refractivity contribution in [2.75, 3.05) is 0 Å². The van der Waals surface area contributed by atoms with Crippen LogP contribution >= 0.6 is 0 Å². The Morgan fingerprint density at radius 2 is 1.50 bits per heavy atom. The molecule has 0 radical (unpaired) electrons. The van der Waals surface area contributed by atoms with Crippen LogP contribution in [0.25, 0.3) is 0 Å². The van der Waals surface area contributed by atoms with E-state index >= 15 is 0 Å². The van der Waals surface area contributed by atoms with Crippen LogP contribution in [0.3, 0.4) is 0 Å². The van der Waals surface area contributed by atoms with Gasteiger partial charge in [-0.05, 0) is 47.9 Å². The molecular weight excluding hydrogens is 384 g/mol. The van der Waals surface area contributed by atoms with Gasteiger partial charge in [0, 0.05) is 10.1 Å². The fourth-order valence-electron chi connectivity index (χ4n) is 3.35. The van der Waals surface area contributed by atoms with Gasteiger partial charge < -0.3 is 0 Å². The lowest BCUT2D eigenvalue weighted by Gasteiger charge is -2.30. The molecule has 0 aliphatic heterocycles. The monoisotopic (exact) mass is 414 g/mol. The van der Waals surface area contributed by atoms with Gasteiger partial charge in [-0.15, -0.1) is 0 Å². The van der Waals surface area contributed by atoms with Crippen molar-refractivity contribution in [2.24, 2.45) is 5.92 Å². The normalized spacial score (nSPS) is 13.0. The summed E-state index contributed by atoms with van der Waals surface area (Å²) in [5.74, 6) is -0.851. The number of carbonyl (C=O) groups excluding carboxylic acids is 2. The van der Waals surface area contributed by atoms with Gasteiger partial charge >= 0.3 is 11.9 Å². The second-order valence-electron chi connectivity index (χ2n) is 7.99. The highest BCUT2D eigenvalue weighted by atomic mass is 17.7. The van der Waals surface area contributed by atoms with E-state index in [1.54, 1.807) is 42.5 Å². The summed E-state index contributed by atoms with van der Waals surface area (Å²) in [6, 6.07) is 15.5. The van der Waals surface area contributed by atoms with Crippen molar-refractivity contribution in [1.82, 2.24) is 0 Å². The minimum absolute atomic E-state index is 0.175. The molecule has 0 fully saturated rings. The van der Waals surface area contributed by atoms with E-state index in [0.717, 1.165) is 31.2 Å². The summed E-state index contributed by atoms with van der Waals surface area (Å²) < 4.78 is 0. The highest BCUT2D eigenvalue weighted by Crippen LogP contribution is 2.36. The van der Waals surface area contributed by atoms with Gasteiger partial charge in [0.2, 0.25) is 0 Å². The smallest absolute Gasteiger partial charge is 0.260 e. The zero-order valence-electron chi connectivity index (χ0n) is 18.1. The highest BCUT2D eigenvalue weighted by Gasteiger charge is 2.29. The fourth-order valence-corrected chi connectivity index (χ4v) is 3.35. The number of benzene rings is 2. The molecule has 6 nitrogen and oxygen atoms in total. The van der Waals surface area contributed by atoms with Gasteiger partial charge in [-0.3, -0.25) is 9.78 Å². The second kappa shape index (κ2) is 11.5. The van der Waals surface area contributed by atoms with Gasteiger partial charge in [0.25, 0.3) is 0 Å². The Labute approximate surface area is 177 Å². The van der Waals surface area contributed by atoms with Crippen molar-refractivity contribution in [1.29, 1.82) is 0 Å². The van der Waals surface area contributed by atoms with Crippen LogP contribution in [-0.2, 0) is 25.3 Å². The number of carbonyl (C=O) groups is 2. The first-order chi connectivity index (χ1) is 14.4. The molecule has 0 aliphatic rings. The lowest BCUT2D eigenvalue weighted by atomic mass is 9.74. The zero-order chi connectivity index (χ0) is 22.0. The molecule has 0 bridgehead atoms. The SMILES string of the molecule is CCC(C)(CCCC(C)C)c1ccccc1C(=O)OOOOC(=O)c1ccccc1. The molecule has 6 heteroatoms. The third-order valence-electron chi connectivity index (χ3n) is 5.34. The van der Waals surface area contributed by atoms with Crippen LogP contribution in [0, 0.1) is 5.92 Å². The van der Waals surface area contributed by atoms with Crippen molar-refractivity contribution in [3.8, 4) is 0 Å². The molecule has 0 aromatic heterocycles. The first-order valence-electron chi connectivity index (χ1n) is 10.3. The summed E-state index contributed by atoms with van der Waals surface area (Å²) in [6.07, 6.45) is 4.03. The average molecular weight is 414 g/mol. The highest BCUT2D eigenvalue weighted by molar-refractivity contribution is 5.91. The molecular formula is C24H30O6. The summed E-state index contributed by atoms with van der Waals surface area (Å²) in [7, 11) is 0. The predicted octanol–water partition coefficient (Wildman–Crippen LogP) is 5.97. The third kappa shape index (κ3) is 6.68. The Morgan fingerprint density at radius 1 is 0.900 bits per heavy atom. The van der Waals surface area contributed by atoms with E-state index in [0.29, 0.717) is 11.5 Å². The molecule has 1 unspecified atom stereocenters. The van der Waals surface area contributed by atoms with Crippen LogP contribution in [0.15, 0.2) is 54.6 Å². The number of hydrogen-bond donors (Lipinski definition) is 0. The minimum atomic E-state index is -0.768. The molecule has 2 aromatic rings. The van der Waals surface area contributed by atoms with Crippen LogP contribution in [0.5, 0.6) is 0 Å². The van der Waals surface area contributed by atoms with Crippen molar-refractivity contribution in [3.05, 3.63) is 71.3 Å². The summed E-state index contributed by atoms with van der Waals surface area (Å²) in [4.78, 5) is 33.5. The average Bonchev–Trinajstić information content (AvgIpc) is 2.76. The maximum Gasteiger partial charge on any atom is 0.376 e. The van der Waals surface area contributed by atoms with E-state index in [1.807, 2.05) is 12.1 Å². The van der Waals surface area contributed by atoms with E-state index in [2.05, 4.69) is 42.7 Å². The van der Waals surface area contributed by atoms with Crippen molar-refractivity contribution in [2.45, 2.75) is 58.8 Å². The van der Waals surface area contributed by atoms with Crippen LogP contribution < -0.4 is 0 Å². The lowest BCUT2D eigenvalue weighted by Crippen LogP contribution is -2.25. The summed E-state index contributed by atoms with van der Waals surface area (Å²) in [6.45, 7) is 8.67. The van der Waals surface area contributed by atoms with Gasteiger partial charge in [-0.2, -0.15) is 0 Å². The molecule has 162 valence electrons. The maximum atomic E-state index is 12.6. The van der Waals surface area contributed by atoms with Gasteiger partial charge in [0.1, 0.15) is 0 Å². The van der Waals surface area contributed by atoms with E-state index in [-0.39, 0.29) is 11.0 Å². The van der Waals surface area contributed by atoms with Crippen molar-refractivity contribution in [3.63, 3.8) is 0 Å². The predicted molar refractivity (Wildman–Crippen MR) is 112 cm³/mol. The molecule has 0 aliphatic carbocycles. The Hall–Kier alpha value is -2.70. The molecule has 0 saturated heterocycles. The van der Waals surface area contributed by atoms with Crippen molar-refractivity contribution < 1.29 is 29.4 Å². The third-order valence-corrected chi connectivity index (χ3v) is 5.34. The molecule has 0 amide bonds. The maximum absolute atomic E-state index is 12.6. The molecule has 0 N–H and O–H groups in total. The lowest BCUT2D eigenvalue weighted by molar-refractivity contribution is -0.595. The fraction of sp³-hybridized carbons (Fsp3) is 0.417. The Morgan fingerprint density at radius 3 is 2.13 bits per heavy atom. The zero-order valence-corrected chi connectivity index (χ0v) is 18.1. The Bertz CT molecular complexity index is 817. The quantitative estimate of drug-likeness (QED) is 0.256. The Kier molecular flexibility index (Phi) is 9.02. The van der Waals surface area contributed by atoms with Crippen LogP contribution in [-0.4, -0.2) is 11.9 Å². The van der Waals surface area contributed by atoms with Gasteiger partial charge in [-0.25, -0.2) is 9.59 Å². The molecule has 2 aromatic carbocycles. The summed E-state index contributed by atoms with van der Waals surface area (Å²) in [5, 5.41) is 8.66. The molecule has 0 saturated carbocycles. The molecule has 1 atom stereocenters. The summed E-state index contributed by atoms with van der Waals surface area (Å²) in [5.41, 5.74) is 1.39. The molecule has 30 heavy (non-hydrogen) atoms. The van der Waals surface area contributed by atoms with E-state index in [4.69, 9.17) is 4.89 Å². The van der Waals surface area contributed by atoms with E-state index < -0.39 is 11.9 Å². The molecule has 0 heterocycles.